The van der Waals surface area contributed by atoms with Crippen molar-refractivity contribution in [2.75, 3.05) is 6.61 Å². The van der Waals surface area contributed by atoms with Gasteiger partial charge in [0.25, 0.3) is 0 Å². The quantitative estimate of drug-likeness (QED) is 0.550. The largest absolute Gasteiger partial charge is 0.462 e. The molecule has 3 heteroatoms. The molecule has 1 aromatic carbocycles. The summed E-state index contributed by atoms with van der Waals surface area (Å²) in [5.74, 6) is 0.179. The summed E-state index contributed by atoms with van der Waals surface area (Å²) in [5.41, 5.74) is 3.11. The molecule has 0 heterocycles. The number of carbonyl (C=O) groups excluding carboxylic acids is 1. The third-order valence-corrected chi connectivity index (χ3v) is 2.73. The molecule has 0 spiro atoms. The molecule has 2 nitrogen and oxygen atoms in total. The topological polar surface area (TPSA) is 26.3 Å². The molecular formula is C12H13BO2. The molecule has 0 saturated heterocycles. The van der Waals surface area contributed by atoms with Gasteiger partial charge in [0.2, 0.25) is 0 Å². The number of hydrogen-bond donors (Lipinski definition) is 0. The van der Waals surface area contributed by atoms with E-state index >= 15 is 0 Å². The second-order valence-corrected chi connectivity index (χ2v) is 3.66. The third-order valence-electron chi connectivity index (χ3n) is 2.73. The molecule has 0 bridgehead atoms. The zero-order chi connectivity index (χ0) is 10.8. The van der Waals surface area contributed by atoms with E-state index in [9.17, 15) is 4.79 Å². The van der Waals surface area contributed by atoms with Crippen molar-refractivity contribution in [1.29, 1.82) is 0 Å². The van der Waals surface area contributed by atoms with Gasteiger partial charge in [0, 0.05) is 5.92 Å². The minimum Gasteiger partial charge on any atom is -0.462 e. The van der Waals surface area contributed by atoms with Gasteiger partial charge in [-0.05, 0) is 30.5 Å². The van der Waals surface area contributed by atoms with Gasteiger partial charge in [0.15, 0.2) is 0 Å². The normalized spacial score (nSPS) is 17.0. The van der Waals surface area contributed by atoms with Gasteiger partial charge in [-0.2, -0.15) is 0 Å². The minimum atomic E-state index is -0.214. The van der Waals surface area contributed by atoms with E-state index in [1.54, 1.807) is 0 Å². The molecule has 0 unspecified atom stereocenters. The van der Waals surface area contributed by atoms with Gasteiger partial charge in [-0.1, -0.05) is 18.5 Å². The summed E-state index contributed by atoms with van der Waals surface area (Å²) >= 11 is 0. The summed E-state index contributed by atoms with van der Waals surface area (Å²) in [6.07, 6.45) is 1.58. The Morgan fingerprint density at radius 1 is 1.53 bits per heavy atom. The van der Waals surface area contributed by atoms with Crippen LogP contribution in [-0.4, -0.2) is 20.4 Å². The lowest BCUT2D eigenvalue weighted by Gasteiger charge is -2.00. The fourth-order valence-electron chi connectivity index (χ4n) is 2.03. The van der Waals surface area contributed by atoms with Crippen LogP contribution < -0.4 is 0 Å². The molecule has 1 aliphatic carbocycles. The smallest absolute Gasteiger partial charge is 0.338 e. The van der Waals surface area contributed by atoms with Crippen molar-refractivity contribution in [3.05, 3.63) is 34.9 Å². The fourth-order valence-corrected chi connectivity index (χ4v) is 2.03. The molecule has 1 atom stereocenters. The molecule has 2 radical (unpaired) electrons. The van der Waals surface area contributed by atoms with Crippen molar-refractivity contribution in [2.24, 2.45) is 0 Å². The molecule has 0 N–H and O–H groups in total. The summed E-state index contributed by atoms with van der Waals surface area (Å²) in [4.78, 5) is 11.6. The number of fused-ring (bicyclic) bond motifs is 1. The average Bonchev–Trinajstić information content (AvgIpc) is 2.93. The van der Waals surface area contributed by atoms with E-state index in [-0.39, 0.29) is 5.97 Å². The van der Waals surface area contributed by atoms with Crippen LogP contribution in [0.2, 0.25) is 6.32 Å². The van der Waals surface area contributed by atoms with Gasteiger partial charge in [-0.15, -0.1) is 0 Å². The molecule has 0 saturated carbocycles. The van der Waals surface area contributed by atoms with Crippen LogP contribution in [0, 0.1) is 0 Å². The van der Waals surface area contributed by atoms with Crippen LogP contribution in [0.3, 0.4) is 0 Å². The van der Waals surface area contributed by atoms with E-state index in [0.717, 1.165) is 12.0 Å². The molecule has 1 aliphatic rings. The highest BCUT2D eigenvalue weighted by atomic mass is 16.5. The van der Waals surface area contributed by atoms with E-state index in [1.807, 2.05) is 19.1 Å². The summed E-state index contributed by atoms with van der Waals surface area (Å²) in [6.45, 7) is 2.24. The number of benzene rings is 1. The lowest BCUT2D eigenvalue weighted by Crippen LogP contribution is -2.04. The van der Waals surface area contributed by atoms with Gasteiger partial charge >= 0.3 is 5.97 Å². The van der Waals surface area contributed by atoms with Crippen molar-refractivity contribution in [3.63, 3.8) is 0 Å². The average molecular weight is 200 g/mol. The van der Waals surface area contributed by atoms with Crippen molar-refractivity contribution in [1.82, 2.24) is 0 Å². The molecule has 0 aliphatic heterocycles. The SMILES string of the molecule is [B]CC[C@H]1c2cccc(C(=O)OCC)c21. The number of hydrogen-bond acceptors (Lipinski definition) is 2. The molecule has 2 rings (SSSR count). The first kappa shape index (κ1) is 10.3. The minimum absolute atomic E-state index is 0.214. The van der Waals surface area contributed by atoms with Crippen LogP contribution >= 0.6 is 0 Å². The first-order valence-corrected chi connectivity index (χ1v) is 5.29. The Hall–Kier alpha value is -1.25. The highest BCUT2D eigenvalue weighted by molar-refractivity contribution is 6.08. The number of ether oxygens (including phenoxy) is 1. The third kappa shape index (κ3) is 1.78. The Balaban J connectivity index is 2.19. The van der Waals surface area contributed by atoms with E-state index in [0.29, 0.717) is 24.4 Å². The highest BCUT2D eigenvalue weighted by Crippen LogP contribution is 2.48. The molecule has 0 amide bonds. The van der Waals surface area contributed by atoms with Gasteiger partial charge in [-0.25, -0.2) is 4.79 Å². The van der Waals surface area contributed by atoms with E-state index in [1.165, 1.54) is 5.56 Å². The monoisotopic (exact) mass is 200 g/mol. The standard InChI is InChI=1S/C12H13BO2/c1-2-15-12(14)10-5-3-4-8-9(6-7-13)11(8)10/h3-5,9H,2,6-7H2,1H3/t9-/m0/s1. The van der Waals surface area contributed by atoms with Gasteiger partial charge in [-0.3, -0.25) is 0 Å². The zero-order valence-corrected chi connectivity index (χ0v) is 8.82. The number of rotatable bonds is 4. The maximum atomic E-state index is 11.6. The lowest BCUT2D eigenvalue weighted by atomic mass is 9.98. The highest BCUT2D eigenvalue weighted by Gasteiger charge is 2.36. The summed E-state index contributed by atoms with van der Waals surface area (Å²) < 4.78 is 5.00. The van der Waals surface area contributed by atoms with Crippen molar-refractivity contribution in [2.45, 2.75) is 25.6 Å². The summed E-state index contributed by atoms with van der Waals surface area (Å²) in [7, 11) is 5.52. The Labute approximate surface area is 91.0 Å². The molecule has 0 aromatic heterocycles. The molecule has 1 aromatic rings. The first-order valence-electron chi connectivity index (χ1n) is 5.29. The Morgan fingerprint density at radius 2 is 2.33 bits per heavy atom. The molecule has 76 valence electrons. The summed E-state index contributed by atoms with van der Waals surface area (Å²) in [6, 6.07) is 5.79. The van der Waals surface area contributed by atoms with Gasteiger partial charge in [0.05, 0.1) is 20.0 Å². The van der Waals surface area contributed by atoms with Crippen LogP contribution in [0.25, 0.3) is 0 Å². The van der Waals surface area contributed by atoms with E-state index < -0.39 is 0 Å². The van der Waals surface area contributed by atoms with Gasteiger partial charge < -0.3 is 4.74 Å². The Kier molecular flexibility index (Phi) is 2.80. The first-order chi connectivity index (χ1) is 7.29. The maximum absolute atomic E-state index is 11.6. The molecule has 0 fully saturated rings. The molecule has 15 heavy (non-hydrogen) atoms. The lowest BCUT2D eigenvalue weighted by molar-refractivity contribution is 0.0526. The van der Waals surface area contributed by atoms with Crippen LogP contribution in [0.1, 0.15) is 40.7 Å². The molecular weight excluding hydrogens is 187 g/mol. The van der Waals surface area contributed by atoms with E-state index in [2.05, 4.69) is 6.07 Å². The fraction of sp³-hybridized carbons (Fsp3) is 0.417. The van der Waals surface area contributed by atoms with Crippen LogP contribution in [0.5, 0.6) is 0 Å². The maximum Gasteiger partial charge on any atom is 0.338 e. The van der Waals surface area contributed by atoms with Crippen LogP contribution in [0.4, 0.5) is 0 Å². The van der Waals surface area contributed by atoms with Crippen LogP contribution in [0.15, 0.2) is 18.2 Å². The Bertz CT molecular complexity index is 387. The second-order valence-electron chi connectivity index (χ2n) is 3.66. The number of carbonyl (C=O) groups is 1. The van der Waals surface area contributed by atoms with E-state index in [4.69, 9.17) is 12.6 Å². The van der Waals surface area contributed by atoms with Crippen LogP contribution in [-0.2, 0) is 4.74 Å². The summed E-state index contributed by atoms with van der Waals surface area (Å²) in [5, 5.41) is 0. The second kappa shape index (κ2) is 4.09. The Morgan fingerprint density at radius 3 is 3.00 bits per heavy atom. The van der Waals surface area contributed by atoms with Crippen molar-refractivity contribution in [3.8, 4) is 0 Å². The van der Waals surface area contributed by atoms with Gasteiger partial charge in [0.1, 0.15) is 0 Å². The van der Waals surface area contributed by atoms with Crippen molar-refractivity contribution >= 4 is 13.8 Å². The predicted octanol–water partition coefficient (Wildman–Crippen LogP) is 2.29. The zero-order valence-electron chi connectivity index (χ0n) is 8.82. The van der Waals surface area contributed by atoms with Crippen molar-refractivity contribution < 1.29 is 9.53 Å². The number of esters is 1. The predicted molar refractivity (Wildman–Crippen MR) is 59.4 cm³/mol.